The average molecular weight is 358 g/mol. The fourth-order valence-corrected chi connectivity index (χ4v) is 2.97. The van der Waals surface area contributed by atoms with Gasteiger partial charge in [-0.3, -0.25) is 4.79 Å². The first-order chi connectivity index (χ1) is 13.1. The van der Waals surface area contributed by atoms with Gasteiger partial charge in [0.25, 0.3) is 0 Å². The quantitative estimate of drug-likeness (QED) is 0.598. The smallest absolute Gasteiger partial charge is 0.221 e. The molecule has 0 aliphatic heterocycles. The van der Waals surface area contributed by atoms with Crippen molar-refractivity contribution in [2.45, 2.75) is 6.92 Å². The van der Waals surface area contributed by atoms with Crippen LogP contribution in [0.25, 0.3) is 28.2 Å². The van der Waals surface area contributed by atoms with Gasteiger partial charge in [-0.1, -0.05) is 24.3 Å². The van der Waals surface area contributed by atoms with E-state index >= 15 is 0 Å². The summed E-state index contributed by atoms with van der Waals surface area (Å²) < 4.78 is 7.11. The SMILES string of the molecule is COc1cccc(-c2ccc3ncc(-c4cccc(NC(C)=O)c4)n3n2)c1. The lowest BCUT2D eigenvalue weighted by molar-refractivity contribution is -0.114. The van der Waals surface area contributed by atoms with Gasteiger partial charge >= 0.3 is 0 Å². The predicted molar refractivity (Wildman–Crippen MR) is 105 cm³/mol. The molecule has 0 spiro atoms. The molecule has 0 aliphatic rings. The van der Waals surface area contributed by atoms with Gasteiger partial charge in [0.05, 0.1) is 24.7 Å². The van der Waals surface area contributed by atoms with Gasteiger partial charge in [0.1, 0.15) is 5.75 Å². The lowest BCUT2D eigenvalue weighted by atomic mass is 10.1. The molecule has 2 aromatic heterocycles. The number of anilines is 1. The van der Waals surface area contributed by atoms with Gasteiger partial charge in [-0.2, -0.15) is 5.10 Å². The highest BCUT2D eigenvalue weighted by Gasteiger charge is 2.10. The van der Waals surface area contributed by atoms with Crippen LogP contribution in [-0.2, 0) is 4.79 Å². The van der Waals surface area contributed by atoms with Crippen LogP contribution in [0, 0.1) is 0 Å². The summed E-state index contributed by atoms with van der Waals surface area (Å²) in [6.07, 6.45) is 1.78. The molecular weight excluding hydrogens is 340 g/mol. The van der Waals surface area contributed by atoms with E-state index in [1.54, 1.807) is 13.3 Å². The molecule has 0 unspecified atom stereocenters. The van der Waals surface area contributed by atoms with Gasteiger partial charge in [-0.05, 0) is 36.4 Å². The van der Waals surface area contributed by atoms with Crippen LogP contribution in [0.1, 0.15) is 6.92 Å². The zero-order valence-electron chi connectivity index (χ0n) is 15.0. The minimum atomic E-state index is -0.108. The molecule has 4 aromatic rings. The van der Waals surface area contributed by atoms with E-state index in [1.807, 2.05) is 65.2 Å². The summed E-state index contributed by atoms with van der Waals surface area (Å²) in [6.45, 7) is 1.49. The Bertz CT molecular complexity index is 1130. The topological polar surface area (TPSA) is 68.5 Å². The highest BCUT2D eigenvalue weighted by Crippen LogP contribution is 2.26. The highest BCUT2D eigenvalue weighted by molar-refractivity contribution is 5.89. The maximum atomic E-state index is 11.3. The molecule has 0 aliphatic carbocycles. The molecule has 4 rings (SSSR count). The Morgan fingerprint density at radius 1 is 1.04 bits per heavy atom. The van der Waals surface area contributed by atoms with Gasteiger partial charge in [0.2, 0.25) is 5.91 Å². The number of nitrogens with one attached hydrogen (secondary N) is 1. The van der Waals surface area contributed by atoms with Gasteiger partial charge in [0, 0.05) is 23.7 Å². The van der Waals surface area contributed by atoms with Crippen molar-refractivity contribution in [1.82, 2.24) is 14.6 Å². The Morgan fingerprint density at radius 3 is 2.67 bits per heavy atom. The second-order valence-electron chi connectivity index (χ2n) is 6.13. The molecule has 27 heavy (non-hydrogen) atoms. The third kappa shape index (κ3) is 3.37. The fourth-order valence-electron chi connectivity index (χ4n) is 2.97. The number of amides is 1. The first kappa shape index (κ1) is 16.8. The second kappa shape index (κ2) is 6.92. The summed E-state index contributed by atoms with van der Waals surface area (Å²) in [5.41, 5.74) is 5.04. The number of methoxy groups -OCH3 is 1. The van der Waals surface area contributed by atoms with Crippen molar-refractivity contribution in [3.8, 4) is 28.3 Å². The molecule has 0 saturated carbocycles. The molecule has 0 radical (unpaired) electrons. The Morgan fingerprint density at radius 2 is 1.85 bits per heavy atom. The average Bonchev–Trinajstić information content (AvgIpc) is 3.11. The van der Waals surface area contributed by atoms with Crippen molar-refractivity contribution >= 4 is 17.2 Å². The number of fused-ring (bicyclic) bond motifs is 1. The molecule has 1 amide bonds. The van der Waals surface area contributed by atoms with Crippen molar-refractivity contribution in [3.63, 3.8) is 0 Å². The summed E-state index contributed by atoms with van der Waals surface area (Å²) in [5, 5.41) is 7.56. The van der Waals surface area contributed by atoms with Crippen molar-refractivity contribution < 1.29 is 9.53 Å². The molecule has 1 N–H and O–H groups in total. The van der Waals surface area contributed by atoms with E-state index in [0.717, 1.165) is 39.6 Å². The third-order valence-corrected chi connectivity index (χ3v) is 4.21. The van der Waals surface area contributed by atoms with Crippen LogP contribution in [0.15, 0.2) is 66.9 Å². The predicted octanol–water partition coefficient (Wildman–Crippen LogP) is 4.03. The van der Waals surface area contributed by atoms with E-state index in [0.29, 0.717) is 0 Å². The van der Waals surface area contributed by atoms with Gasteiger partial charge in [-0.25, -0.2) is 9.50 Å². The fraction of sp³-hybridized carbons (Fsp3) is 0.0952. The van der Waals surface area contributed by atoms with Crippen LogP contribution < -0.4 is 10.1 Å². The second-order valence-corrected chi connectivity index (χ2v) is 6.13. The number of imidazole rings is 1. The number of ether oxygens (including phenoxy) is 1. The number of aromatic nitrogens is 3. The Hall–Kier alpha value is -3.67. The summed E-state index contributed by atoms with van der Waals surface area (Å²) in [4.78, 5) is 15.8. The van der Waals surface area contributed by atoms with Crippen LogP contribution in [0.4, 0.5) is 5.69 Å². The summed E-state index contributed by atoms with van der Waals surface area (Å²) in [5.74, 6) is 0.673. The number of carbonyl (C=O) groups is 1. The van der Waals surface area contributed by atoms with Gasteiger partial charge in [-0.15, -0.1) is 0 Å². The number of benzene rings is 2. The van der Waals surface area contributed by atoms with Gasteiger partial charge in [0.15, 0.2) is 5.65 Å². The van der Waals surface area contributed by atoms with Crippen LogP contribution >= 0.6 is 0 Å². The van der Waals surface area contributed by atoms with E-state index in [2.05, 4.69) is 10.3 Å². The number of hydrogen-bond donors (Lipinski definition) is 1. The summed E-state index contributed by atoms with van der Waals surface area (Å²) >= 11 is 0. The first-order valence-electron chi connectivity index (χ1n) is 8.51. The molecule has 2 heterocycles. The van der Waals surface area contributed by atoms with Crippen molar-refractivity contribution in [2.24, 2.45) is 0 Å². The maximum Gasteiger partial charge on any atom is 0.221 e. The minimum absolute atomic E-state index is 0.108. The van der Waals surface area contributed by atoms with Crippen molar-refractivity contribution in [2.75, 3.05) is 12.4 Å². The van der Waals surface area contributed by atoms with Crippen LogP contribution in [-0.4, -0.2) is 27.6 Å². The molecule has 0 fully saturated rings. The molecule has 134 valence electrons. The normalized spacial score (nSPS) is 10.7. The number of hydrogen-bond acceptors (Lipinski definition) is 4. The standard InChI is InChI=1S/C21H18N4O2/c1-14(26)23-17-7-3-6-16(11-17)20-13-22-21-10-9-19(24-25(20)21)15-5-4-8-18(12-15)27-2/h3-13H,1-2H3,(H,23,26). The van der Waals surface area contributed by atoms with E-state index in [-0.39, 0.29) is 5.91 Å². The maximum absolute atomic E-state index is 11.3. The highest BCUT2D eigenvalue weighted by atomic mass is 16.5. The molecule has 2 aromatic carbocycles. The minimum Gasteiger partial charge on any atom is -0.497 e. The molecule has 0 atom stereocenters. The van der Waals surface area contributed by atoms with E-state index in [4.69, 9.17) is 9.84 Å². The van der Waals surface area contributed by atoms with Crippen LogP contribution in [0.5, 0.6) is 5.75 Å². The zero-order valence-corrected chi connectivity index (χ0v) is 15.0. The Labute approximate surface area is 156 Å². The number of rotatable bonds is 4. The lowest BCUT2D eigenvalue weighted by Crippen LogP contribution is -2.05. The molecule has 0 saturated heterocycles. The van der Waals surface area contributed by atoms with E-state index < -0.39 is 0 Å². The first-order valence-corrected chi connectivity index (χ1v) is 8.51. The Balaban J connectivity index is 1.80. The van der Waals surface area contributed by atoms with Crippen LogP contribution in [0.3, 0.4) is 0 Å². The van der Waals surface area contributed by atoms with Crippen LogP contribution in [0.2, 0.25) is 0 Å². The van der Waals surface area contributed by atoms with Crippen molar-refractivity contribution in [3.05, 3.63) is 66.9 Å². The molecule has 6 nitrogen and oxygen atoms in total. The zero-order chi connectivity index (χ0) is 18.8. The Kier molecular flexibility index (Phi) is 4.30. The largest absolute Gasteiger partial charge is 0.497 e. The lowest BCUT2D eigenvalue weighted by Gasteiger charge is -2.07. The molecular formula is C21H18N4O2. The van der Waals surface area contributed by atoms with Crippen molar-refractivity contribution in [1.29, 1.82) is 0 Å². The summed E-state index contributed by atoms with van der Waals surface area (Å²) in [7, 11) is 1.64. The number of nitrogens with zero attached hydrogens (tertiary/aromatic N) is 3. The molecule has 6 heteroatoms. The van der Waals surface area contributed by atoms with Gasteiger partial charge < -0.3 is 10.1 Å². The van der Waals surface area contributed by atoms with E-state index in [1.165, 1.54) is 6.92 Å². The third-order valence-electron chi connectivity index (χ3n) is 4.21. The molecule has 0 bridgehead atoms. The monoisotopic (exact) mass is 358 g/mol. The van der Waals surface area contributed by atoms with E-state index in [9.17, 15) is 4.79 Å². The number of carbonyl (C=O) groups excluding carboxylic acids is 1. The summed E-state index contributed by atoms with van der Waals surface area (Å²) in [6, 6.07) is 19.3.